The van der Waals surface area contributed by atoms with Gasteiger partial charge in [-0.3, -0.25) is 9.69 Å². The number of benzene rings is 1. The van der Waals surface area contributed by atoms with Gasteiger partial charge in [-0.25, -0.2) is 4.39 Å². The van der Waals surface area contributed by atoms with Crippen LogP contribution in [-0.2, 0) is 0 Å². The fourth-order valence-electron chi connectivity index (χ4n) is 2.43. The molecule has 1 amide bonds. The zero-order chi connectivity index (χ0) is 14.4. The molecule has 0 bridgehead atoms. The first-order valence-corrected chi connectivity index (χ1v) is 7.18. The molecule has 1 heterocycles. The molecule has 20 heavy (non-hydrogen) atoms. The van der Waals surface area contributed by atoms with E-state index in [1.54, 1.807) is 12.1 Å². The quantitative estimate of drug-likeness (QED) is 0.827. The van der Waals surface area contributed by atoms with Crippen molar-refractivity contribution in [1.29, 1.82) is 0 Å². The third-order valence-corrected chi connectivity index (χ3v) is 3.68. The van der Waals surface area contributed by atoms with E-state index >= 15 is 0 Å². The van der Waals surface area contributed by atoms with E-state index in [0.29, 0.717) is 5.56 Å². The van der Waals surface area contributed by atoms with Crippen LogP contribution in [0.3, 0.4) is 0 Å². The van der Waals surface area contributed by atoms with Crippen molar-refractivity contribution in [1.82, 2.24) is 9.80 Å². The van der Waals surface area contributed by atoms with Gasteiger partial charge in [-0.2, -0.15) is 0 Å². The van der Waals surface area contributed by atoms with E-state index in [9.17, 15) is 9.18 Å². The van der Waals surface area contributed by atoms with Crippen molar-refractivity contribution >= 4 is 5.91 Å². The van der Waals surface area contributed by atoms with Crippen LogP contribution in [-0.4, -0.2) is 55.0 Å². The van der Waals surface area contributed by atoms with Gasteiger partial charge >= 0.3 is 0 Å². The Balaban J connectivity index is 1.81. The number of carbonyl (C=O) groups excluding carboxylic acids is 1. The van der Waals surface area contributed by atoms with E-state index in [1.165, 1.54) is 12.1 Å². The fraction of sp³-hybridized carbons (Fsp3) is 0.533. The first-order valence-electron chi connectivity index (χ1n) is 7.18. The number of nitrogens with two attached hydrogens (primary N) is 1. The number of nitrogens with zero attached hydrogens (tertiary/aromatic N) is 2. The van der Waals surface area contributed by atoms with Crippen LogP contribution in [0.2, 0.25) is 0 Å². The molecule has 0 spiro atoms. The summed E-state index contributed by atoms with van der Waals surface area (Å²) in [6.45, 7) is 5.06. The van der Waals surface area contributed by atoms with E-state index in [1.807, 2.05) is 4.90 Å². The molecule has 0 aromatic heterocycles. The van der Waals surface area contributed by atoms with Crippen molar-refractivity contribution in [2.75, 3.05) is 39.3 Å². The largest absolute Gasteiger partial charge is 0.336 e. The van der Waals surface area contributed by atoms with Crippen LogP contribution >= 0.6 is 0 Å². The molecule has 1 aliphatic heterocycles. The van der Waals surface area contributed by atoms with Crippen molar-refractivity contribution in [3.05, 3.63) is 35.6 Å². The van der Waals surface area contributed by atoms with Crippen LogP contribution in [0.25, 0.3) is 0 Å². The Kier molecular flexibility index (Phi) is 5.49. The Labute approximate surface area is 119 Å². The highest BCUT2D eigenvalue weighted by atomic mass is 19.1. The van der Waals surface area contributed by atoms with Crippen molar-refractivity contribution < 1.29 is 9.18 Å². The molecular weight excluding hydrogens is 257 g/mol. The maximum Gasteiger partial charge on any atom is 0.253 e. The zero-order valence-electron chi connectivity index (χ0n) is 11.7. The van der Waals surface area contributed by atoms with Gasteiger partial charge in [0.2, 0.25) is 0 Å². The number of piperazine rings is 1. The number of carbonyl (C=O) groups is 1. The van der Waals surface area contributed by atoms with Gasteiger partial charge < -0.3 is 10.6 Å². The second-order valence-corrected chi connectivity index (χ2v) is 5.14. The molecule has 1 aromatic carbocycles. The van der Waals surface area contributed by atoms with Crippen LogP contribution < -0.4 is 5.73 Å². The Morgan fingerprint density at radius 2 is 1.75 bits per heavy atom. The summed E-state index contributed by atoms with van der Waals surface area (Å²) >= 11 is 0. The minimum atomic E-state index is -0.314. The summed E-state index contributed by atoms with van der Waals surface area (Å²) in [7, 11) is 0. The molecule has 1 saturated heterocycles. The van der Waals surface area contributed by atoms with Crippen molar-refractivity contribution in [2.45, 2.75) is 12.8 Å². The molecule has 0 atom stereocenters. The van der Waals surface area contributed by atoms with Crippen molar-refractivity contribution in [2.24, 2.45) is 5.73 Å². The molecule has 2 N–H and O–H groups in total. The topological polar surface area (TPSA) is 49.6 Å². The van der Waals surface area contributed by atoms with E-state index < -0.39 is 0 Å². The molecule has 0 saturated carbocycles. The van der Waals surface area contributed by atoms with Gasteiger partial charge in [0, 0.05) is 31.7 Å². The summed E-state index contributed by atoms with van der Waals surface area (Å²) < 4.78 is 12.9. The molecule has 0 radical (unpaired) electrons. The summed E-state index contributed by atoms with van der Waals surface area (Å²) in [6, 6.07) is 5.75. The van der Waals surface area contributed by atoms with Crippen molar-refractivity contribution in [3.8, 4) is 0 Å². The minimum absolute atomic E-state index is 0.00777. The fourth-order valence-corrected chi connectivity index (χ4v) is 2.43. The van der Waals surface area contributed by atoms with Crippen molar-refractivity contribution in [3.63, 3.8) is 0 Å². The van der Waals surface area contributed by atoms with Gasteiger partial charge in [0.05, 0.1) is 0 Å². The summed E-state index contributed by atoms with van der Waals surface area (Å²) in [5.41, 5.74) is 6.04. The second-order valence-electron chi connectivity index (χ2n) is 5.14. The summed E-state index contributed by atoms with van der Waals surface area (Å²) in [4.78, 5) is 16.5. The van der Waals surface area contributed by atoms with E-state index in [0.717, 1.165) is 52.1 Å². The molecule has 110 valence electrons. The van der Waals surface area contributed by atoms with Gasteiger partial charge in [0.25, 0.3) is 5.91 Å². The zero-order valence-corrected chi connectivity index (χ0v) is 11.7. The van der Waals surface area contributed by atoms with Gasteiger partial charge in [0.1, 0.15) is 5.82 Å². The molecule has 1 aromatic rings. The smallest absolute Gasteiger partial charge is 0.253 e. The molecule has 0 aliphatic carbocycles. The maximum absolute atomic E-state index is 12.9. The Bertz CT molecular complexity index is 427. The summed E-state index contributed by atoms with van der Waals surface area (Å²) in [6.07, 6.45) is 2.16. The molecule has 5 heteroatoms. The Morgan fingerprint density at radius 3 is 2.35 bits per heavy atom. The minimum Gasteiger partial charge on any atom is -0.336 e. The summed E-state index contributed by atoms with van der Waals surface area (Å²) in [5, 5.41) is 0. The number of hydrogen-bond donors (Lipinski definition) is 1. The predicted molar refractivity (Wildman–Crippen MR) is 77.0 cm³/mol. The molecule has 1 fully saturated rings. The number of hydrogen-bond acceptors (Lipinski definition) is 3. The van der Waals surface area contributed by atoms with Gasteiger partial charge in [-0.15, -0.1) is 0 Å². The van der Waals surface area contributed by atoms with Crippen LogP contribution in [0, 0.1) is 5.82 Å². The standard InChI is InChI=1S/C15H22FN3O/c16-14-5-3-13(4-6-14)15(20)19-11-9-18(10-12-19)8-2-1-7-17/h3-6H,1-2,7-12,17H2. The van der Waals surface area contributed by atoms with Gasteiger partial charge in [0.15, 0.2) is 0 Å². The van der Waals surface area contributed by atoms with E-state index in [4.69, 9.17) is 5.73 Å². The lowest BCUT2D eigenvalue weighted by Gasteiger charge is -2.34. The Hall–Kier alpha value is -1.46. The Morgan fingerprint density at radius 1 is 1.10 bits per heavy atom. The van der Waals surface area contributed by atoms with Crippen LogP contribution in [0.1, 0.15) is 23.2 Å². The van der Waals surface area contributed by atoms with Crippen LogP contribution in [0.4, 0.5) is 4.39 Å². The number of rotatable bonds is 5. The SMILES string of the molecule is NCCCCN1CCN(C(=O)c2ccc(F)cc2)CC1. The highest BCUT2D eigenvalue weighted by molar-refractivity contribution is 5.94. The highest BCUT2D eigenvalue weighted by Gasteiger charge is 2.21. The lowest BCUT2D eigenvalue weighted by molar-refractivity contribution is 0.0635. The van der Waals surface area contributed by atoms with Crippen LogP contribution in [0.15, 0.2) is 24.3 Å². The first kappa shape index (κ1) is 14.9. The maximum atomic E-state index is 12.9. The summed E-state index contributed by atoms with van der Waals surface area (Å²) in [5.74, 6) is -0.321. The normalized spacial score (nSPS) is 16.4. The lowest BCUT2D eigenvalue weighted by Crippen LogP contribution is -2.48. The lowest BCUT2D eigenvalue weighted by atomic mass is 10.1. The molecular formula is C15H22FN3O. The van der Waals surface area contributed by atoms with Gasteiger partial charge in [-0.1, -0.05) is 0 Å². The average Bonchev–Trinajstić information content (AvgIpc) is 2.48. The average molecular weight is 279 g/mol. The van der Waals surface area contributed by atoms with Crippen LogP contribution in [0.5, 0.6) is 0 Å². The van der Waals surface area contributed by atoms with E-state index in [-0.39, 0.29) is 11.7 Å². The third-order valence-electron chi connectivity index (χ3n) is 3.68. The number of amides is 1. The first-order chi connectivity index (χ1) is 9.70. The second kappa shape index (κ2) is 7.36. The molecule has 0 unspecified atom stereocenters. The monoisotopic (exact) mass is 279 g/mol. The third kappa shape index (κ3) is 4.02. The molecule has 2 rings (SSSR count). The number of halogens is 1. The predicted octanol–water partition coefficient (Wildman–Crippen LogP) is 1.32. The molecule has 1 aliphatic rings. The number of unbranched alkanes of at least 4 members (excludes halogenated alkanes) is 1. The molecule has 4 nitrogen and oxygen atoms in total. The van der Waals surface area contributed by atoms with E-state index in [2.05, 4.69) is 4.90 Å². The van der Waals surface area contributed by atoms with Gasteiger partial charge in [-0.05, 0) is 50.2 Å². The highest BCUT2D eigenvalue weighted by Crippen LogP contribution is 2.10.